The van der Waals surface area contributed by atoms with E-state index in [9.17, 15) is 5.11 Å². The molecule has 0 saturated carbocycles. The molecule has 0 spiro atoms. The average molecular weight is 301 g/mol. The standard InChI is InChI=1S/C17H19NO4/c19-9-8-18-16(17(20)12-4-2-1-3-5-12)13-6-7-14-15(10-13)22-11-21-14/h1-7,10,16-20H,8-9,11H2/t16-,17+/m0/s1. The lowest BCUT2D eigenvalue weighted by Gasteiger charge is -2.25. The van der Waals surface area contributed by atoms with E-state index in [1.54, 1.807) is 0 Å². The van der Waals surface area contributed by atoms with Gasteiger partial charge in [-0.3, -0.25) is 0 Å². The largest absolute Gasteiger partial charge is 0.454 e. The van der Waals surface area contributed by atoms with Crippen molar-refractivity contribution in [2.45, 2.75) is 12.1 Å². The van der Waals surface area contributed by atoms with Crippen molar-refractivity contribution < 1.29 is 19.7 Å². The van der Waals surface area contributed by atoms with Crippen molar-refractivity contribution in [2.75, 3.05) is 19.9 Å². The zero-order valence-electron chi connectivity index (χ0n) is 12.1. The highest BCUT2D eigenvalue weighted by Crippen LogP contribution is 2.37. The van der Waals surface area contributed by atoms with E-state index in [0.717, 1.165) is 11.1 Å². The van der Waals surface area contributed by atoms with E-state index >= 15 is 0 Å². The van der Waals surface area contributed by atoms with Gasteiger partial charge in [0.05, 0.1) is 18.8 Å². The van der Waals surface area contributed by atoms with Crippen molar-refractivity contribution in [3.8, 4) is 11.5 Å². The molecule has 5 heteroatoms. The molecule has 0 amide bonds. The number of rotatable bonds is 6. The molecule has 0 fully saturated rings. The lowest BCUT2D eigenvalue weighted by molar-refractivity contribution is 0.124. The van der Waals surface area contributed by atoms with Gasteiger partial charge in [0, 0.05) is 6.54 Å². The van der Waals surface area contributed by atoms with Gasteiger partial charge in [0.25, 0.3) is 0 Å². The second kappa shape index (κ2) is 6.79. The van der Waals surface area contributed by atoms with Gasteiger partial charge in [-0.15, -0.1) is 0 Å². The van der Waals surface area contributed by atoms with Gasteiger partial charge < -0.3 is 25.0 Å². The lowest BCUT2D eigenvalue weighted by Crippen LogP contribution is -2.29. The molecule has 0 radical (unpaired) electrons. The quantitative estimate of drug-likeness (QED) is 0.758. The molecule has 1 aliphatic rings. The molecule has 0 unspecified atom stereocenters. The molecule has 1 heterocycles. The maximum absolute atomic E-state index is 10.7. The number of aliphatic hydroxyl groups is 2. The summed E-state index contributed by atoms with van der Waals surface area (Å²) in [6.07, 6.45) is -0.729. The van der Waals surface area contributed by atoms with Crippen LogP contribution in [0.5, 0.6) is 11.5 Å². The summed E-state index contributed by atoms with van der Waals surface area (Å²) < 4.78 is 10.7. The lowest BCUT2D eigenvalue weighted by atomic mass is 9.95. The van der Waals surface area contributed by atoms with Crippen molar-refractivity contribution in [2.24, 2.45) is 0 Å². The molecule has 3 N–H and O–H groups in total. The number of hydrogen-bond acceptors (Lipinski definition) is 5. The highest BCUT2D eigenvalue weighted by atomic mass is 16.7. The summed E-state index contributed by atoms with van der Waals surface area (Å²) in [7, 11) is 0. The van der Waals surface area contributed by atoms with Crippen LogP contribution in [0.25, 0.3) is 0 Å². The Morgan fingerprint density at radius 3 is 2.55 bits per heavy atom. The summed E-state index contributed by atoms with van der Waals surface area (Å²) in [4.78, 5) is 0. The van der Waals surface area contributed by atoms with Crippen LogP contribution in [-0.4, -0.2) is 30.2 Å². The Morgan fingerprint density at radius 1 is 1.00 bits per heavy atom. The van der Waals surface area contributed by atoms with E-state index in [1.165, 1.54) is 0 Å². The van der Waals surface area contributed by atoms with Crippen molar-refractivity contribution in [3.05, 3.63) is 59.7 Å². The third-order valence-corrected chi connectivity index (χ3v) is 3.69. The molecule has 2 aromatic carbocycles. The van der Waals surface area contributed by atoms with Crippen LogP contribution in [0, 0.1) is 0 Å². The number of ether oxygens (including phenoxy) is 2. The maximum Gasteiger partial charge on any atom is 0.231 e. The molecular weight excluding hydrogens is 282 g/mol. The Morgan fingerprint density at radius 2 is 1.77 bits per heavy atom. The molecule has 0 bridgehead atoms. The fourth-order valence-corrected chi connectivity index (χ4v) is 2.58. The predicted molar refractivity (Wildman–Crippen MR) is 81.8 cm³/mol. The minimum atomic E-state index is -0.729. The first-order valence-electron chi connectivity index (χ1n) is 7.26. The number of hydrogen-bond donors (Lipinski definition) is 3. The molecule has 116 valence electrons. The first-order chi connectivity index (χ1) is 10.8. The topological polar surface area (TPSA) is 71.0 Å². The van der Waals surface area contributed by atoms with Crippen LogP contribution in [0.3, 0.4) is 0 Å². The molecule has 0 aliphatic carbocycles. The number of nitrogens with one attached hydrogen (secondary N) is 1. The van der Waals surface area contributed by atoms with E-state index in [1.807, 2.05) is 48.5 Å². The normalized spacial score (nSPS) is 15.5. The van der Waals surface area contributed by atoms with Crippen LogP contribution >= 0.6 is 0 Å². The molecule has 22 heavy (non-hydrogen) atoms. The Bertz CT molecular complexity index is 617. The van der Waals surface area contributed by atoms with Gasteiger partial charge in [-0.1, -0.05) is 36.4 Å². The fraction of sp³-hybridized carbons (Fsp3) is 0.294. The highest BCUT2D eigenvalue weighted by molar-refractivity contribution is 5.45. The summed E-state index contributed by atoms with van der Waals surface area (Å²) in [6.45, 7) is 0.611. The zero-order valence-corrected chi connectivity index (χ0v) is 12.1. The van der Waals surface area contributed by atoms with Crippen LogP contribution < -0.4 is 14.8 Å². The van der Waals surface area contributed by atoms with Crippen LogP contribution in [0.1, 0.15) is 23.3 Å². The van der Waals surface area contributed by atoms with Crippen molar-refractivity contribution in [1.82, 2.24) is 5.32 Å². The van der Waals surface area contributed by atoms with Crippen molar-refractivity contribution in [1.29, 1.82) is 0 Å². The second-order valence-electron chi connectivity index (χ2n) is 5.12. The number of fused-ring (bicyclic) bond motifs is 1. The van der Waals surface area contributed by atoms with Crippen molar-refractivity contribution >= 4 is 0 Å². The molecule has 2 aromatic rings. The van der Waals surface area contributed by atoms with Gasteiger partial charge in [0.15, 0.2) is 11.5 Å². The molecule has 5 nitrogen and oxygen atoms in total. The third-order valence-electron chi connectivity index (χ3n) is 3.69. The second-order valence-corrected chi connectivity index (χ2v) is 5.12. The molecule has 0 aromatic heterocycles. The van der Waals surface area contributed by atoms with Gasteiger partial charge in [-0.25, -0.2) is 0 Å². The molecular formula is C17H19NO4. The SMILES string of the molecule is OCCN[C@@H](c1ccc2c(c1)OCO2)[C@H](O)c1ccccc1. The Hall–Kier alpha value is -2.08. The number of benzene rings is 2. The fourth-order valence-electron chi connectivity index (χ4n) is 2.58. The summed E-state index contributed by atoms with van der Waals surface area (Å²) in [6, 6.07) is 14.7. The summed E-state index contributed by atoms with van der Waals surface area (Å²) in [5.41, 5.74) is 1.70. The van der Waals surface area contributed by atoms with Crippen LogP contribution in [0.2, 0.25) is 0 Å². The van der Waals surface area contributed by atoms with Crippen LogP contribution in [0.15, 0.2) is 48.5 Å². The van der Waals surface area contributed by atoms with Crippen LogP contribution in [0.4, 0.5) is 0 Å². The Labute approximate surface area is 129 Å². The van der Waals surface area contributed by atoms with Gasteiger partial charge in [-0.2, -0.15) is 0 Å². The van der Waals surface area contributed by atoms with Gasteiger partial charge in [-0.05, 0) is 23.3 Å². The first-order valence-corrected chi connectivity index (χ1v) is 7.26. The smallest absolute Gasteiger partial charge is 0.231 e. The summed E-state index contributed by atoms with van der Waals surface area (Å²) >= 11 is 0. The highest BCUT2D eigenvalue weighted by Gasteiger charge is 2.24. The monoisotopic (exact) mass is 301 g/mol. The van der Waals surface area contributed by atoms with Crippen LogP contribution in [-0.2, 0) is 0 Å². The predicted octanol–water partition coefficient (Wildman–Crippen LogP) is 1.77. The van der Waals surface area contributed by atoms with Gasteiger partial charge in [0.1, 0.15) is 0 Å². The summed E-state index contributed by atoms with van der Waals surface area (Å²) in [5, 5.41) is 23.0. The minimum Gasteiger partial charge on any atom is -0.454 e. The van der Waals surface area contributed by atoms with E-state index in [2.05, 4.69) is 5.32 Å². The third kappa shape index (κ3) is 3.06. The van der Waals surface area contributed by atoms with Crippen molar-refractivity contribution in [3.63, 3.8) is 0 Å². The minimum absolute atomic E-state index is 0.00254. The van der Waals surface area contributed by atoms with E-state index < -0.39 is 6.10 Å². The summed E-state index contributed by atoms with van der Waals surface area (Å²) in [5.74, 6) is 1.38. The molecule has 0 saturated heterocycles. The molecule has 2 atom stereocenters. The van der Waals surface area contributed by atoms with Gasteiger partial charge >= 0.3 is 0 Å². The average Bonchev–Trinajstić information content (AvgIpc) is 3.03. The van der Waals surface area contributed by atoms with E-state index in [-0.39, 0.29) is 19.4 Å². The van der Waals surface area contributed by atoms with E-state index in [4.69, 9.17) is 14.6 Å². The maximum atomic E-state index is 10.7. The molecule has 1 aliphatic heterocycles. The first kappa shape index (κ1) is 14.8. The van der Waals surface area contributed by atoms with Gasteiger partial charge in [0.2, 0.25) is 6.79 Å². The molecule has 3 rings (SSSR count). The Balaban J connectivity index is 1.89. The Kier molecular flexibility index (Phi) is 4.58. The van der Waals surface area contributed by atoms with E-state index in [0.29, 0.717) is 18.0 Å². The number of aliphatic hydroxyl groups excluding tert-OH is 2. The zero-order chi connectivity index (χ0) is 15.4.